The molecule has 0 bridgehead atoms. The topological polar surface area (TPSA) is 63.1 Å². The smallest absolute Gasteiger partial charge is 0.349 e. The Hall–Kier alpha value is -0.970. The lowest BCUT2D eigenvalue weighted by molar-refractivity contribution is 0.0700. The monoisotopic (exact) mass is 184 g/mol. The van der Waals surface area contributed by atoms with E-state index in [2.05, 4.69) is 9.59 Å². The minimum Gasteiger partial charge on any atom is -0.477 e. The van der Waals surface area contributed by atoms with Crippen LogP contribution in [-0.4, -0.2) is 20.7 Å². The van der Waals surface area contributed by atoms with Crippen molar-refractivity contribution in [1.82, 2.24) is 9.59 Å². The molecule has 1 aliphatic carbocycles. The number of carbonyl (C=O) groups is 1. The lowest BCUT2D eigenvalue weighted by Crippen LogP contribution is -1.99. The average Bonchev–Trinajstić information content (AvgIpc) is 2.66. The highest BCUT2D eigenvalue weighted by molar-refractivity contribution is 7.07. The molecule has 0 atom stereocenters. The van der Waals surface area contributed by atoms with Crippen LogP contribution in [0.5, 0.6) is 0 Å². The molecule has 64 valence electrons. The standard InChI is InChI=1S/C7H8N2O2S/c10-7(11)6-5(8-9-12-6)3-4-1-2-4/h4H,1-3H2,(H,10,11). The maximum absolute atomic E-state index is 10.6. The molecule has 0 unspecified atom stereocenters. The SMILES string of the molecule is O=C(O)c1snnc1CC1CC1. The summed E-state index contributed by atoms with van der Waals surface area (Å²) in [5, 5.41) is 12.5. The van der Waals surface area contributed by atoms with E-state index in [4.69, 9.17) is 5.11 Å². The van der Waals surface area contributed by atoms with Gasteiger partial charge in [0.1, 0.15) is 0 Å². The third-order valence-corrected chi connectivity index (χ3v) is 2.69. The van der Waals surface area contributed by atoms with Crippen molar-refractivity contribution in [1.29, 1.82) is 0 Å². The number of carboxylic acids is 1. The first kappa shape index (κ1) is 7.67. The molecule has 1 aromatic heterocycles. The first-order valence-corrected chi connectivity index (χ1v) is 4.59. The van der Waals surface area contributed by atoms with Crippen molar-refractivity contribution in [2.45, 2.75) is 19.3 Å². The van der Waals surface area contributed by atoms with Crippen molar-refractivity contribution in [2.24, 2.45) is 5.92 Å². The Kier molecular flexibility index (Phi) is 1.80. The van der Waals surface area contributed by atoms with Gasteiger partial charge >= 0.3 is 5.97 Å². The molecule has 1 N–H and O–H groups in total. The summed E-state index contributed by atoms with van der Waals surface area (Å²) in [7, 11) is 0. The van der Waals surface area contributed by atoms with Gasteiger partial charge in [-0.05, 0) is 36.7 Å². The lowest BCUT2D eigenvalue weighted by Gasteiger charge is -1.92. The Morgan fingerprint density at radius 1 is 1.67 bits per heavy atom. The van der Waals surface area contributed by atoms with Gasteiger partial charge in [0.25, 0.3) is 0 Å². The fourth-order valence-electron chi connectivity index (χ4n) is 1.10. The number of hydrogen-bond donors (Lipinski definition) is 1. The van der Waals surface area contributed by atoms with E-state index in [1.54, 1.807) is 0 Å². The van der Waals surface area contributed by atoms with Crippen LogP contribution >= 0.6 is 11.5 Å². The number of aromatic carboxylic acids is 1. The molecule has 1 aliphatic rings. The molecule has 0 aliphatic heterocycles. The molecule has 1 aromatic rings. The van der Waals surface area contributed by atoms with Crippen LogP contribution in [0.4, 0.5) is 0 Å². The van der Waals surface area contributed by atoms with Gasteiger partial charge in [0.15, 0.2) is 4.88 Å². The summed E-state index contributed by atoms with van der Waals surface area (Å²) in [5.41, 5.74) is 0.662. The summed E-state index contributed by atoms with van der Waals surface area (Å²) in [6.07, 6.45) is 3.20. The minimum atomic E-state index is -0.902. The molecule has 1 fully saturated rings. The van der Waals surface area contributed by atoms with E-state index in [0.717, 1.165) is 18.0 Å². The van der Waals surface area contributed by atoms with Gasteiger partial charge in [0, 0.05) is 0 Å². The third kappa shape index (κ3) is 1.45. The van der Waals surface area contributed by atoms with Crippen molar-refractivity contribution >= 4 is 17.5 Å². The van der Waals surface area contributed by atoms with Crippen molar-refractivity contribution in [3.05, 3.63) is 10.6 Å². The number of hydrogen-bond acceptors (Lipinski definition) is 4. The molecule has 0 radical (unpaired) electrons. The first-order valence-electron chi connectivity index (χ1n) is 3.82. The van der Waals surface area contributed by atoms with Crippen LogP contribution in [0.2, 0.25) is 0 Å². The molecule has 0 amide bonds. The van der Waals surface area contributed by atoms with Gasteiger partial charge in [0.05, 0.1) is 5.69 Å². The molecular weight excluding hydrogens is 176 g/mol. The molecule has 5 heteroatoms. The summed E-state index contributed by atoms with van der Waals surface area (Å²) in [6.45, 7) is 0. The quantitative estimate of drug-likeness (QED) is 0.766. The van der Waals surface area contributed by atoms with E-state index in [1.807, 2.05) is 0 Å². The number of nitrogens with zero attached hydrogens (tertiary/aromatic N) is 2. The molecule has 12 heavy (non-hydrogen) atoms. The van der Waals surface area contributed by atoms with E-state index in [-0.39, 0.29) is 0 Å². The Balaban J connectivity index is 2.17. The molecule has 0 spiro atoms. The van der Waals surface area contributed by atoms with Gasteiger partial charge in [-0.15, -0.1) is 5.10 Å². The highest BCUT2D eigenvalue weighted by Crippen LogP contribution is 2.33. The van der Waals surface area contributed by atoms with Crippen LogP contribution in [0.15, 0.2) is 0 Å². The fraction of sp³-hybridized carbons (Fsp3) is 0.571. The third-order valence-electron chi connectivity index (χ3n) is 1.93. The highest BCUT2D eigenvalue weighted by atomic mass is 32.1. The number of rotatable bonds is 3. The Bertz CT molecular complexity index is 306. The lowest BCUT2D eigenvalue weighted by atomic mass is 10.2. The predicted octanol–water partition coefficient (Wildman–Crippen LogP) is 1.19. The van der Waals surface area contributed by atoms with Gasteiger partial charge in [-0.3, -0.25) is 0 Å². The molecule has 2 rings (SSSR count). The molecule has 4 nitrogen and oxygen atoms in total. The van der Waals surface area contributed by atoms with Gasteiger partial charge in [-0.2, -0.15) is 0 Å². The summed E-state index contributed by atoms with van der Waals surface area (Å²) < 4.78 is 3.64. The normalized spacial score (nSPS) is 16.3. The van der Waals surface area contributed by atoms with Gasteiger partial charge in [-0.25, -0.2) is 4.79 Å². The fourth-order valence-corrected chi connectivity index (χ4v) is 1.63. The van der Waals surface area contributed by atoms with Crippen LogP contribution in [0.1, 0.15) is 28.2 Å². The summed E-state index contributed by atoms with van der Waals surface area (Å²) in [6, 6.07) is 0. The van der Waals surface area contributed by atoms with Crippen molar-refractivity contribution in [3.63, 3.8) is 0 Å². The molecule has 0 saturated heterocycles. The van der Waals surface area contributed by atoms with Gasteiger partial charge in [-0.1, -0.05) is 4.49 Å². The van der Waals surface area contributed by atoms with Crippen LogP contribution in [0, 0.1) is 5.92 Å². The second-order valence-corrected chi connectivity index (χ2v) is 3.76. The van der Waals surface area contributed by atoms with Crippen molar-refractivity contribution < 1.29 is 9.90 Å². The predicted molar refractivity (Wildman–Crippen MR) is 43.3 cm³/mol. The summed E-state index contributed by atoms with van der Waals surface area (Å²) in [5.74, 6) is -0.243. The largest absolute Gasteiger partial charge is 0.477 e. The van der Waals surface area contributed by atoms with Crippen LogP contribution < -0.4 is 0 Å². The number of carboxylic acid groups (broad SMARTS) is 1. The van der Waals surface area contributed by atoms with E-state index in [0.29, 0.717) is 16.5 Å². The molecule has 1 heterocycles. The zero-order valence-electron chi connectivity index (χ0n) is 6.36. The van der Waals surface area contributed by atoms with E-state index in [9.17, 15) is 4.79 Å². The van der Waals surface area contributed by atoms with E-state index >= 15 is 0 Å². The van der Waals surface area contributed by atoms with Crippen molar-refractivity contribution in [2.75, 3.05) is 0 Å². The molecule has 0 aromatic carbocycles. The van der Waals surface area contributed by atoms with Crippen LogP contribution in [-0.2, 0) is 6.42 Å². The Morgan fingerprint density at radius 2 is 2.42 bits per heavy atom. The maximum atomic E-state index is 10.6. The van der Waals surface area contributed by atoms with Gasteiger partial charge in [0.2, 0.25) is 0 Å². The Labute approximate surface area is 73.4 Å². The van der Waals surface area contributed by atoms with Crippen LogP contribution in [0.25, 0.3) is 0 Å². The van der Waals surface area contributed by atoms with Crippen molar-refractivity contribution in [3.8, 4) is 0 Å². The average molecular weight is 184 g/mol. The zero-order chi connectivity index (χ0) is 8.55. The summed E-state index contributed by atoms with van der Waals surface area (Å²) >= 11 is 0.967. The summed E-state index contributed by atoms with van der Waals surface area (Å²) in [4.78, 5) is 10.9. The second kappa shape index (κ2) is 2.82. The van der Waals surface area contributed by atoms with Gasteiger partial charge < -0.3 is 5.11 Å². The minimum absolute atomic E-state index is 0.307. The second-order valence-electron chi connectivity index (χ2n) is 3.00. The number of aromatic nitrogens is 2. The molecular formula is C7H8N2O2S. The molecule has 1 saturated carbocycles. The maximum Gasteiger partial charge on any atom is 0.349 e. The van der Waals surface area contributed by atoms with E-state index in [1.165, 1.54) is 12.8 Å². The van der Waals surface area contributed by atoms with Crippen LogP contribution in [0.3, 0.4) is 0 Å². The zero-order valence-corrected chi connectivity index (χ0v) is 7.17. The first-order chi connectivity index (χ1) is 5.77. The van der Waals surface area contributed by atoms with E-state index < -0.39 is 5.97 Å². The highest BCUT2D eigenvalue weighted by Gasteiger charge is 2.26. The Morgan fingerprint density at radius 3 is 3.00 bits per heavy atom.